The number of para-hydroxylation sites is 1. The Labute approximate surface area is 76.2 Å². The first-order valence-electron chi connectivity index (χ1n) is 4.43. The highest BCUT2D eigenvalue weighted by molar-refractivity contribution is 5.36. The van der Waals surface area contributed by atoms with Crippen LogP contribution in [0.3, 0.4) is 0 Å². The van der Waals surface area contributed by atoms with Gasteiger partial charge in [0.15, 0.2) is 11.6 Å². The van der Waals surface area contributed by atoms with E-state index in [1.165, 1.54) is 6.07 Å². The second-order valence-corrected chi connectivity index (χ2v) is 3.54. The zero-order valence-electron chi connectivity index (χ0n) is 7.20. The maximum atomic E-state index is 12.9. The summed E-state index contributed by atoms with van der Waals surface area (Å²) < 4.78 is 12.9. The van der Waals surface area contributed by atoms with Crippen LogP contribution in [0.4, 0.5) is 4.39 Å². The first kappa shape index (κ1) is 8.51. The topological polar surface area (TPSA) is 46.2 Å². The summed E-state index contributed by atoms with van der Waals surface area (Å²) in [5, 5.41) is 9.39. The van der Waals surface area contributed by atoms with E-state index in [2.05, 4.69) is 0 Å². The van der Waals surface area contributed by atoms with Crippen molar-refractivity contribution in [2.45, 2.75) is 18.9 Å². The Hall–Kier alpha value is -1.09. The van der Waals surface area contributed by atoms with Gasteiger partial charge < -0.3 is 10.8 Å². The van der Waals surface area contributed by atoms with Crippen LogP contribution in [0.2, 0.25) is 0 Å². The van der Waals surface area contributed by atoms with E-state index in [0.29, 0.717) is 11.5 Å². The highest BCUT2D eigenvalue weighted by atomic mass is 19.1. The van der Waals surface area contributed by atoms with Crippen LogP contribution in [0.5, 0.6) is 5.75 Å². The van der Waals surface area contributed by atoms with E-state index < -0.39 is 5.82 Å². The minimum absolute atomic E-state index is 0.212. The molecule has 2 nitrogen and oxygen atoms in total. The quantitative estimate of drug-likeness (QED) is 0.732. The van der Waals surface area contributed by atoms with Crippen LogP contribution in [-0.4, -0.2) is 5.11 Å². The lowest BCUT2D eigenvalue weighted by Crippen LogP contribution is -2.12. The first-order valence-corrected chi connectivity index (χ1v) is 4.43. The molecule has 2 rings (SSSR count). The molecule has 0 amide bonds. The molecule has 1 aromatic rings. The summed E-state index contributed by atoms with van der Waals surface area (Å²) in [6, 6.07) is 4.28. The summed E-state index contributed by atoms with van der Waals surface area (Å²) in [5.41, 5.74) is 6.37. The molecule has 1 aliphatic rings. The van der Waals surface area contributed by atoms with Gasteiger partial charge in [-0.25, -0.2) is 4.39 Å². The lowest BCUT2D eigenvalue weighted by Gasteiger charge is -2.12. The smallest absolute Gasteiger partial charge is 0.165 e. The molecule has 1 fully saturated rings. The predicted molar refractivity (Wildman–Crippen MR) is 47.7 cm³/mol. The molecule has 0 aliphatic heterocycles. The van der Waals surface area contributed by atoms with Crippen LogP contribution in [0, 0.1) is 11.7 Å². The molecule has 1 saturated carbocycles. The van der Waals surface area contributed by atoms with E-state index >= 15 is 0 Å². The number of nitrogens with two attached hydrogens (primary N) is 1. The standard InChI is InChI=1S/C10H12FNO/c11-8-3-1-2-7(10(8)13)9(12)6-4-5-6/h1-3,6,9,13H,4-5,12H2. The van der Waals surface area contributed by atoms with Gasteiger partial charge in [0.1, 0.15) is 0 Å². The van der Waals surface area contributed by atoms with E-state index in [-0.39, 0.29) is 11.8 Å². The molecule has 0 saturated heterocycles. The molecule has 70 valence electrons. The Balaban J connectivity index is 2.32. The van der Waals surface area contributed by atoms with Gasteiger partial charge in [-0.3, -0.25) is 0 Å². The number of hydrogen-bond donors (Lipinski definition) is 2. The zero-order valence-corrected chi connectivity index (χ0v) is 7.20. The molecular weight excluding hydrogens is 169 g/mol. The third-order valence-corrected chi connectivity index (χ3v) is 2.51. The lowest BCUT2D eigenvalue weighted by atomic mass is 10.0. The molecule has 0 bridgehead atoms. The van der Waals surface area contributed by atoms with E-state index in [4.69, 9.17) is 5.73 Å². The van der Waals surface area contributed by atoms with E-state index in [9.17, 15) is 9.50 Å². The Kier molecular flexibility index (Phi) is 1.96. The molecule has 3 heteroatoms. The largest absolute Gasteiger partial charge is 0.505 e. The van der Waals surface area contributed by atoms with Crippen LogP contribution in [-0.2, 0) is 0 Å². The number of benzene rings is 1. The molecule has 1 unspecified atom stereocenters. The summed E-state index contributed by atoms with van der Waals surface area (Å²) in [6.07, 6.45) is 2.16. The minimum Gasteiger partial charge on any atom is -0.505 e. The van der Waals surface area contributed by atoms with Crippen LogP contribution in [0.15, 0.2) is 18.2 Å². The van der Waals surface area contributed by atoms with Crippen molar-refractivity contribution in [3.8, 4) is 5.75 Å². The molecule has 0 radical (unpaired) electrons. The molecule has 1 aromatic carbocycles. The Morgan fingerprint density at radius 2 is 2.15 bits per heavy atom. The molecule has 1 aliphatic carbocycles. The second kappa shape index (κ2) is 3.00. The number of phenolic OH excluding ortho intramolecular Hbond substituents is 1. The summed E-state index contributed by atoms with van der Waals surface area (Å²) in [7, 11) is 0. The van der Waals surface area contributed by atoms with E-state index in [1.54, 1.807) is 12.1 Å². The van der Waals surface area contributed by atoms with Crippen molar-refractivity contribution >= 4 is 0 Å². The lowest BCUT2D eigenvalue weighted by molar-refractivity contribution is 0.417. The Morgan fingerprint density at radius 3 is 2.77 bits per heavy atom. The predicted octanol–water partition coefficient (Wildman–Crippen LogP) is 1.94. The van der Waals surface area contributed by atoms with Crippen LogP contribution in [0.25, 0.3) is 0 Å². The number of aromatic hydroxyl groups is 1. The summed E-state index contributed by atoms with van der Waals surface area (Å²) in [5.74, 6) is -0.455. The molecule has 3 N–H and O–H groups in total. The molecule has 13 heavy (non-hydrogen) atoms. The summed E-state index contributed by atoms with van der Waals surface area (Å²) >= 11 is 0. The average Bonchev–Trinajstić information content (AvgIpc) is 2.91. The molecular formula is C10H12FNO. The van der Waals surface area contributed by atoms with Gasteiger partial charge in [0.05, 0.1) is 0 Å². The van der Waals surface area contributed by atoms with E-state index in [1.807, 2.05) is 0 Å². The van der Waals surface area contributed by atoms with Gasteiger partial charge in [-0.2, -0.15) is 0 Å². The fourth-order valence-electron chi connectivity index (χ4n) is 1.51. The van der Waals surface area contributed by atoms with Crippen molar-refractivity contribution in [1.29, 1.82) is 0 Å². The van der Waals surface area contributed by atoms with Crippen molar-refractivity contribution in [1.82, 2.24) is 0 Å². The second-order valence-electron chi connectivity index (χ2n) is 3.54. The minimum atomic E-state index is -0.589. The number of rotatable bonds is 2. The highest BCUT2D eigenvalue weighted by Gasteiger charge is 2.31. The normalized spacial score (nSPS) is 18.6. The van der Waals surface area contributed by atoms with Gasteiger partial charge in [0.25, 0.3) is 0 Å². The maximum absolute atomic E-state index is 12.9. The highest BCUT2D eigenvalue weighted by Crippen LogP contribution is 2.42. The Morgan fingerprint density at radius 1 is 1.46 bits per heavy atom. The van der Waals surface area contributed by atoms with Crippen LogP contribution in [0.1, 0.15) is 24.4 Å². The van der Waals surface area contributed by atoms with Gasteiger partial charge in [0, 0.05) is 11.6 Å². The molecule has 0 aromatic heterocycles. The fraction of sp³-hybridized carbons (Fsp3) is 0.400. The van der Waals surface area contributed by atoms with Gasteiger partial charge in [0.2, 0.25) is 0 Å². The molecule has 0 spiro atoms. The monoisotopic (exact) mass is 181 g/mol. The van der Waals surface area contributed by atoms with Crippen molar-refractivity contribution in [3.63, 3.8) is 0 Å². The van der Waals surface area contributed by atoms with Crippen molar-refractivity contribution in [2.24, 2.45) is 11.7 Å². The van der Waals surface area contributed by atoms with Gasteiger partial charge in [-0.15, -0.1) is 0 Å². The van der Waals surface area contributed by atoms with Crippen LogP contribution < -0.4 is 5.73 Å². The Bertz CT molecular complexity index is 323. The van der Waals surface area contributed by atoms with Crippen LogP contribution >= 0.6 is 0 Å². The number of hydrogen-bond acceptors (Lipinski definition) is 2. The molecule has 1 atom stereocenters. The summed E-state index contributed by atoms with van der Waals surface area (Å²) in [4.78, 5) is 0. The zero-order chi connectivity index (χ0) is 9.42. The molecule has 0 heterocycles. The third-order valence-electron chi connectivity index (χ3n) is 2.51. The van der Waals surface area contributed by atoms with Crippen molar-refractivity contribution < 1.29 is 9.50 Å². The van der Waals surface area contributed by atoms with E-state index in [0.717, 1.165) is 12.8 Å². The van der Waals surface area contributed by atoms with Crippen molar-refractivity contribution in [2.75, 3.05) is 0 Å². The van der Waals surface area contributed by atoms with Gasteiger partial charge >= 0.3 is 0 Å². The summed E-state index contributed by atoms with van der Waals surface area (Å²) in [6.45, 7) is 0. The SMILES string of the molecule is NC(c1cccc(F)c1O)C1CC1. The number of phenols is 1. The first-order chi connectivity index (χ1) is 6.20. The fourth-order valence-corrected chi connectivity index (χ4v) is 1.51. The third kappa shape index (κ3) is 1.52. The van der Waals surface area contributed by atoms with Gasteiger partial charge in [-0.05, 0) is 24.8 Å². The van der Waals surface area contributed by atoms with Crippen molar-refractivity contribution in [3.05, 3.63) is 29.6 Å². The number of halogens is 1. The van der Waals surface area contributed by atoms with Gasteiger partial charge in [-0.1, -0.05) is 12.1 Å². The average molecular weight is 181 g/mol. The maximum Gasteiger partial charge on any atom is 0.165 e.